The molecule has 1 saturated heterocycles. The summed E-state index contributed by atoms with van der Waals surface area (Å²) in [6, 6.07) is 0. The highest BCUT2D eigenvalue weighted by atomic mass is 35.5. The average Bonchev–Trinajstić information content (AvgIpc) is 2.75. The Balaban J connectivity index is 1.99. The third-order valence-electron chi connectivity index (χ3n) is 2.47. The van der Waals surface area contributed by atoms with E-state index >= 15 is 0 Å². The fraction of sp³-hybridized carbons (Fsp3) is 0.600. The van der Waals surface area contributed by atoms with Crippen LogP contribution in [-0.4, -0.2) is 22.3 Å². The van der Waals surface area contributed by atoms with E-state index in [1.807, 2.05) is 10.3 Å². The molecule has 1 atom stereocenters. The van der Waals surface area contributed by atoms with E-state index < -0.39 is 0 Å². The molecule has 2 heterocycles. The maximum atomic E-state index is 11.5. The molecule has 0 saturated carbocycles. The molecule has 0 bridgehead atoms. The third-order valence-corrected chi connectivity index (χ3v) is 3.63. The summed E-state index contributed by atoms with van der Waals surface area (Å²) in [7, 11) is 0. The van der Waals surface area contributed by atoms with Gasteiger partial charge in [-0.05, 0) is 5.92 Å². The molecule has 1 aliphatic rings. The number of amides is 1. The van der Waals surface area contributed by atoms with Crippen molar-refractivity contribution in [2.75, 3.05) is 6.54 Å². The molecule has 82 valence electrons. The van der Waals surface area contributed by atoms with Crippen molar-refractivity contribution in [1.29, 1.82) is 0 Å². The Kier molecular flexibility index (Phi) is 3.26. The average molecular weight is 245 g/mol. The molecule has 1 amide bonds. The predicted octanol–water partition coefficient (Wildman–Crippen LogP) is 2.25. The van der Waals surface area contributed by atoms with Gasteiger partial charge in [-0.3, -0.25) is 4.79 Å². The largest absolute Gasteiger partial charge is 0.336 e. The normalized spacial score (nSPS) is 21.3. The van der Waals surface area contributed by atoms with E-state index in [2.05, 4.69) is 11.9 Å². The summed E-state index contributed by atoms with van der Waals surface area (Å²) in [5.74, 6) is 1.16. The molecule has 3 nitrogen and oxygen atoms in total. The first-order chi connectivity index (χ1) is 7.19. The Bertz CT molecular complexity index is 366. The summed E-state index contributed by atoms with van der Waals surface area (Å²) >= 11 is 7.25. The second-order valence-corrected chi connectivity index (χ2v) is 5.16. The SMILES string of the molecule is CC1CC(=O)N(Cc2nc(CCl)cs2)C1. The summed E-state index contributed by atoms with van der Waals surface area (Å²) in [5, 5.41) is 2.93. The summed E-state index contributed by atoms with van der Waals surface area (Å²) in [6.45, 7) is 3.60. The van der Waals surface area contributed by atoms with Crippen LogP contribution in [0.15, 0.2) is 5.38 Å². The molecule has 0 aliphatic carbocycles. The number of carbonyl (C=O) groups excluding carboxylic acids is 1. The molecule has 0 radical (unpaired) electrons. The van der Waals surface area contributed by atoms with Gasteiger partial charge in [0.25, 0.3) is 0 Å². The minimum absolute atomic E-state index is 0.241. The van der Waals surface area contributed by atoms with Crippen LogP contribution in [0.5, 0.6) is 0 Å². The maximum absolute atomic E-state index is 11.5. The van der Waals surface area contributed by atoms with E-state index in [1.54, 1.807) is 11.3 Å². The van der Waals surface area contributed by atoms with E-state index in [-0.39, 0.29) is 5.91 Å². The first-order valence-electron chi connectivity index (χ1n) is 4.96. The van der Waals surface area contributed by atoms with Crippen LogP contribution < -0.4 is 0 Å². The lowest BCUT2D eigenvalue weighted by Gasteiger charge is -2.13. The number of aromatic nitrogens is 1. The molecule has 1 aliphatic heterocycles. The molecule has 0 aromatic carbocycles. The number of hydrogen-bond acceptors (Lipinski definition) is 3. The molecule has 0 spiro atoms. The summed E-state index contributed by atoms with van der Waals surface area (Å²) in [4.78, 5) is 17.8. The van der Waals surface area contributed by atoms with Crippen molar-refractivity contribution < 1.29 is 4.79 Å². The van der Waals surface area contributed by atoms with Crippen molar-refractivity contribution in [3.8, 4) is 0 Å². The zero-order chi connectivity index (χ0) is 10.8. The molecular formula is C10H13ClN2OS. The molecule has 1 aromatic rings. The quantitative estimate of drug-likeness (QED) is 0.765. The fourth-order valence-electron chi connectivity index (χ4n) is 1.77. The van der Waals surface area contributed by atoms with Crippen LogP contribution in [0.1, 0.15) is 24.0 Å². The highest BCUT2D eigenvalue weighted by Gasteiger charge is 2.26. The molecule has 1 aromatic heterocycles. The second-order valence-electron chi connectivity index (χ2n) is 3.95. The first kappa shape index (κ1) is 10.9. The van der Waals surface area contributed by atoms with E-state index in [0.717, 1.165) is 17.2 Å². The van der Waals surface area contributed by atoms with Gasteiger partial charge in [0.05, 0.1) is 18.1 Å². The number of hydrogen-bond donors (Lipinski definition) is 0. The molecule has 1 unspecified atom stereocenters. The van der Waals surface area contributed by atoms with E-state index in [4.69, 9.17) is 11.6 Å². The molecule has 5 heteroatoms. The Morgan fingerprint density at radius 2 is 2.53 bits per heavy atom. The highest BCUT2D eigenvalue weighted by molar-refractivity contribution is 7.09. The fourth-order valence-corrected chi connectivity index (χ4v) is 2.81. The van der Waals surface area contributed by atoms with Crippen molar-refractivity contribution >= 4 is 28.8 Å². The number of likely N-dealkylation sites (tertiary alicyclic amines) is 1. The number of halogens is 1. The first-order valence-corrected chi connectivity index (χ1v) is 6.37. The van der Waals surface area contributed by atoms with Crippen molar-refractivity contribution in [2.45, 2.75) is 25.8 Å². The van der Waals surface area contributed by atoms with E-state index in [9.17, 15) is 4.79 Å². The highest BCUT2D eigenvalue weighted by Crippen LogP contribution is 2.21. The number of rotatable bonds is 3. The lowest BCUT2D eigenvalue weighted by Crippen LogP contribution is -2.24. The zero-order valence-corrected chi connectivity index (χ0v) is 10.1. The van der Waals surface area contributed by atoms with Gasteiger partial charge >= 0.3 is 0 Å². The molecular weight excluding hydrogens is 232 g/mol. The van der Waals surface area contributed by atoms with Gasteiger partial charge in [-0.25, -0.2) is 4.98 Å². The van der Waals surface area contributed by atoms with Crippen molar-refractivity contribution in [3.05, 3.63) is 16.1 Å². The second kappa shape index (κ2) is 4.49. The Morgan fingerprint density at radius 1 is 1.73 bits per heavy atom. The van der Waals surface area contributed by atoms with Crippen LogP contribution >= 0.6 is 22.9 Å². The number of carbonyl (C=O) groups is 1. The lowest BCUT2D eigenvalue weighted by atomic mass is 10.2. The summed E-state index contributed by atoms with van der Waals surface area (Å²) < 4.78 is 0. The van der Waals surface area contributed by atoms with Crippen LogP contribution in [0.4, 0.5) is 0 Å². The predicted molar refractivity (Wildman–Crippen MR) is 60.9 cm³/mol. The number of nitrogens with zero attached hydrogens (tertiary/aromatic N) is 2. The smallest absolute Gasteiger partial charge is 0.223 e. The van der Waals surface area contributed by atoms with Crippen LogP contribution in [0.2, 0.25) is 0 Å². The zero-order valence-electron chi connectivity index (χ0n) is 8.57. The molecule has 15 heavy (non-hydrogen) atoms. The van der Waals surface area contributed by atoms with Crippen LogP contribution in [0.25, 0.3) is 0 Å². The molecule has 1 fully saturated rings. The number of alkyl halides is 1. The van der Waals surface area contributed by atoms with Gasteiger partial charge in [0, 0.05) is 18.3 Å². The van der Waals surface area contributed by atoms with Gasteiger partial charge in [0.2, 0.25) is 5.91 Å². The van der Waals surface area contributed by atoms with Crippen molar-refractivity contribution in [3.63, 3.8) is 0 Å². The van der Waals surface area contributed by atoms with Crippen molar-refractivity contribution in [2.24, 2.45) is 5.92 Å². The summed E-state index contributed by atoms with van der Waals surface area (Å²) in [5.41, 5.74) is 0.899. The third kappa shape index (κ3) is 2.49. The van der Waals surface area contributed by atoms with Crippen LogP contribution in [0.3, 0.4) is 0 Å². The Labute approximate surface area is 98.1 Å². The van der Waals surface area contributed by atoms with Gasteiger partial charge in [-0.2, -0.15) is 0 Å². The van der Waals surface area contributed by atoms with Gasteiger partial charge in [0.1, 0.15) is 5.01 Å². The van der Waals surface area contributed by atoms with Crippen LogP contribution in [-0.2, 0) is 17.2 Å². The minimum atomic E-state index is 0.241. The van der Waals surface area contributed by atoms with Gasteiger partial charge in [0.15, 0.2) is 0 Å². The molecule has 0 N–H and O–H groups in total. The molecule has 2 rings (SSSR count). The van der Waals surface area contributed by atoms with Gasteiger partial charge in [-0.15, -0.1) is 22.9 Å². The van der Waals surface area contributed by atoms with E-state index in [1.165, 1.54) is 0 Å². The van der Waals surface area contributed by atoms with Gasteiger partial charge in [-0.1, -0.05) is 6.92 Å². The lowest BCUT2D eigenvalue weighted by molar-refractivity contribution is -0.128. The maximum Gasteiger partial charge on any atom is 0.223 e. The standard InChI is InChI=1S/C10H13ClN2OS/c1-7-2-10(14)13(4-7)5-9-12-8(3-11)6-15-9/h6-7H,2-5H2,1H3. The van der Waals surface area contributed by atoms with E-state index in [0.29, 0.717) is 24.8 Å². The Hall–Kier alpha value is -0.610. The minimum Gasteiger partial charge on any atom is -0.336 e. The van der Waals surface area contributed by atoms with Crippen LogP contribution in [0, 0.1) is 5.92 Å². The monoisotopic (exact) mass is 244 g/mol. The van der Waals surface area contributed by atoms with Gasteiger partial charge < -0.3 is 4.90 Å². The topological polar surface area (TPSA) is 33.2 Å². The van der Waals surface area contributed by atoms with Crippen molar-refractivity contribution in [1.82, 2.24) is 9.88 Å². The summed E-state index contributed by atoms with van der Waals surface area (Å²) in [6.07, 6.45) is 0.674. The Morgan fingerprint density at radius 3 is 3.07 bits per heavy atom. The number of thiazole rings is 1.